The third-order valence-electron chi connectivity index (χ3n) is 2.97. The summed E-state index contributed by atoms with van der Waals surface area (Å²) in [6.45, 7) is 0. The van der Waals surface area contributed by atoms with Crippen molar-refractivity contribution in [2.24, 2.45) is 0 Å². The summed E-state index contributed by atoms with van der Waals surface area (Å²) in [4.78, 5) is 18.9. The Bertz CT molecular complexity index is 722. The molecule has 0 atom stereocenters. The van der Waals surface area contributed by atoms with Crippen molar-refractivity contribution < 1.29 is 9.66 Å². The molecule has 1 aliphatic rings. The summed E-state index contributed by atoms with van der Waals surface area (Å²) < 4.78 is 6.19. The van der Waals surface area contributed by atoms with Crippen LogP contribution in [0, 0.1) is 10.1 Å². The van der Waals surface area contributed by atoms with Gasteiger partial charge in [-0.15, -0.1) is 0 Å². The van der Waals surface area contributed by atoms with Crippen molar-refractivity contribution in [3.63, 3.8) is 0 Å². The third kappa shape index (κ3) is 3.30. The van der Waals surface area contributed by atoms with E-state index in [1.54, 1.807) is 6.07 Å². The van der Waals surface area contributed by atoms with Crippen molar-refractivity contribution in [3.8, 4) is 11.6 Å². The van der Waals surface area contributed by atoms with E-state index in [9.17, 15) is 10.1 Å². The van der Waals surface area contributed by atoms with Gasteiger partial charge in [0.1, 0.15) is 10.4 Å². The van der Waals surface area contributed by atoms with E-state index in [4.69, 9.17) is 16.3 Å². The SMILES string of the molecule is O=[N+]([O-])c1ccc(Cl)c(Oc2cc(Br)nc(C3CC3)n2)c1. The topological polar surface area (TPSA) is 78.2 Å². The standard InChI is InChI=1S/C13H9BrClN3O3/c14-11-6-12(17-13(16-11)7-1-2-7)21-10-5-8(18(19)20)3-4-9(10)15/h3-7H,1-2H2. The maximum Gasteiger partial charge on any atom is 0.273 e. The van der Waals surface area contributed by atoms with Crippen LogP contribution in [-0.2, 0) is 0 Å². The van der Waals surface area contributed by atoms with Crippen LogP contribution in [0.15, 0.2) is 28.9 Å². The molecule has 0 saturated heterocycles. The van der Waals surface area contributed by atoms with Gasteiger partial charge in [0, 0.05) is 18.1 Å². The highest BCUT2D eigenvalue weighted by Crippen LogP contribution is 2.40. The van der Waals surface area contributed by atoms with E-state index in [0.29, 0.717) is 22.2 Å². The average Bonchev–Trinajstić information content (AvgIpc) is 3.24. The van der Waals surface area contributed by atoms with Gasteiger partial charge in [0.05, 0.1) is 16.0 Å². The molecule has 1 aliphatic carbocycles. The van der Waals surface area contributed by atoms with E-state index in [1.807, 2.05) is 0 Å². The Morgan fingerprint density at radius 1 is 1.33 bits per heavy atom. The summed E-state index contributed by atoms with van der Waals surface area (Å²) in [6.07, 6.45) is 2.13. The quantitative estimate of drug-likeness (QED) is 0.451. The molecule has 1 aromatic heterocycles. The second kappa shape index (κ2) is 5.57. The molecule has 1 heterocycles. The predicted octanol–water partition coefficient (Wildman–Crippen LogP) is 4.47. The molecule has 3 rings (SSSR count). The molecule has 2 aromatic rings. The Kier molecular flexibility index (Phi) is 3.77. The average molecular weight is 371 g/mol. The first-order chi connectivity index (χ1) is 10.0. The smallest absolute Gasteiger partial charge is 0.273 e. The molecule has 0 radical (unpaired) electrons. The van der Waals surface area contributed by atoms with Gasteiger partial charge in [-0.2, -0.15) is 4.98 Å². The van der Waals surface area contributed by atoms with Crippen LogP contribution in [0.4, 0.5) is 5.69 Å². The molecule has 108 valence electrons. The summed E-state index contributed by atoms with van der Waals surface area (Å²) in [7, 11) is 0. The lowest BCUT2D eigenvalue weighted by Crippen LogP contribution is -1.97. The molecular weight excluding hydrogens is 362 g/mol. The van der Waals surface area contributed by atoms with Crippen molar-refractivity contribution in [3.05, 3.63) is 49.8 Å². The first-order valence-corrected chi connectivity index (χ1v) is 7.36. The van der Waals surface area contributed by atoms with Gasteiger partial charge in [-0.05, 0) is 34.8 Å². The largest absolute Gasteiger partial charge is 0.437 e. The number of benzene rings is 1. The van der Waals surface area contributed by atoms with Crippen LogP contribution in [-0.4, -0.2) is 14.9 Å². The number of halogens is 2. The molecular formula is C13H9BrClN3O3. The van der Waals surface area contributed by atoms with E-state index in [2.05, 4.69) is 25.9 Å². The lowest BCUT2D eigenvalue weighted by atomic mass is 10.3. The molecule has 21 heavy (non-hydrogen) atoms. The molecule has 8 heteroatoms. The van der Waals surface area contributed by atoms with Crippen LogP contribution in [0.25, 0.3) is 0 Å². The highest BCUT2D eigenvalue weighted by atomic mass is 79.9. The minimum Gasteiger partial charge on any atom is -0.437 e. The molecule has 0 bridgehead atoms. The zero-order chi connectivity index (χ0) is 15.0. The Morgan fingerprint density at radius 2 is 2.10 bits per heavy atom. The summed E-state index contributed by atoms with van der Waals surface area (Å²) in [5.41, 5.74) is -0.0926. The summed E-state index contributed by atoms with van der Waals surface area (Å²) >= 11 is 9.31. The second-order valence-corrected chi connectivity index (χ2v) is 5.85. The van der Waals surface area contributed by atoms with Gasteiger partial charge in [-0.3, -0.25) is 10.1 Å². The van der Waals surface area contributed by atoms with E-state index >= 15 is 0 Å². The molecule has 0 amide bonds. The molecule has 0 unspecified atom stereocenters. The number of hydrogen-bond donors (Lipinski definition) is 0. The van der Waals surface area contributed by atoms with Crippen molar-refractivity contribution >= 4 is 33.2 Å². The Hall–Kier alpha value is -1.73. The van der Waals surface area contributed by atoms with Crippen molar-refractivity contribution in [1.29, 1.82) is 0 Å². The number of nitro benzene ring substituents is 1. The lowest BCUT2D eigenvalue weighted by molar-refractivity contribution is -0.384. The number of nitrogens with zero attached hydrogens (tertiary/aromatic N) is 3. The molecule has 0 N–H and O–H groups in total. The Balaban J connectivity index is 1.92. The highest BCUT2D eigenvalue weighted by Gasteiger charge is 2.27. The minimum absolute atomic E-state index is 0.0926. The number of nitro groups is 1. The zero-order valence-electron chi connectivity index (χ0n) is 10.6. The molecule has 6 nitrogen and oxygen atoms in total. The van der Waals surface area contributed by atoms with Crippen LogP contribution in [0.5, 0.6) is 11.6 Å². The fourth-order valence-electron chi connectivity index (χ4n) is 1.79. The lowest BCUT2D eigenvalue weighted by Gasteiger charge is -2.08. The van der Waals surface area contributed by atoms with Crippen LogP contribution in [0.2, 0.25) is 5.02 Å². The summed E-state index contributed by atoms with van der Waals surface area (Å²) in [5, 5.41) is 11.1. The van der Waals surface area contributed by atoms with E-state index in [-0.39, 0.29) is 16.5 Å². The Labute approximate surface area is 133 Å². The number of hydrogen-bond acceptors (Lipinski definition) is 5. The van der Waals surface area contributed by atoms with Crippen LogP contribution < -0.4 is 4.74 Å². The molecule has 0 aliphatic heterocycles. The molecule has 1 aromatic carbocycles. The minimum atomic E-state index is -0.505. The van der Waals surface area contributed by atoms with Crippen molar-refractivity contribution in [1.82, 2.24) is 9.97 Å². The zero-order valence-corrected chi connectivity index (χ0v) is 13.0. The fraction of sp³-hybridized carbons (Fsp3) is 0.231. The second-order valence-electron chi connectivity index (χ2n) is 4.64. The summed E-state index contributed by atoms with van der Waals surface area (Å²) in [5.74, 6) is 1.57. The highest BCUT2D eigenvalue weighted by molar-refractivity contribution is 9.10. The molecule has 0 spiro atoms. The van der Waals surface area contributed by atoms with Crippen molar-refractivity contribution in [2.75, 3.05) is 0 Å². The number of non-ortho nitro benzene ring substituents is 1. The fourth-order valence-corrected chi connectivity index (χ4v) is 2.32. The maximum atomic E-state index is 10.8. The van der Waals surface area contributed by atoms with Crippen LogP contribution >= 0.6 is 27.5 Å². The number of aromatic nitrogens is 2. The Morgan fingerprint density at radius 3 is 2.76 bits per heavy atom. The number of ether oxygens (including phenoxy) is 1. The van der Waals surface area contributed by atoms with E-state index < -0.39 is 4.92 Å². The van der Waals surface area contributed by atoms with Gasteiger partial charge < -0.3 is 4.74 Å². The van der Waals surface area contributed by atoms with Crippen LogP contribution in [0.3, 0.4) is 0 Å². The van der Waals surface area contributed by atoms with Gasteiger partial charge in [0.25, 0.3) is 5.69 Å². The van der Waals surface area contributed by atoms with Gasteiger partial charge >= 0.3 is 0 Å². The first kappa shape index (κ1) is 14.2. The van der Waals surface area contributed by atoms with Gasteiger partial charge in [0.2, 0.25) is 5.88 Å². The van der Waals surface area contributed by atoms with Gasteiger partial charge in [0.15, 0.2) is 5.75 Å². The van der Waals surface area contributed by atoms with Crippen LogP contribution in [0.1, 0.15) is 24.6 Å². The number of rotatable bonds is 4. The monoisotopic (exact) mass is 369 g/mol. The third-order valence-corrected chi connectivity index (χ3v) is 3.69. The summed E-state index contributed by atoms with van der Waals surface area (Å²) in [6, 6.07) is 5.62. The predicted molar refractivity (Wildman–Crippen MR) is 79.9 cm³/mol. The first-order valence-electron chi connectivity index (χ1n) is 6.19. The van der Waals surface area contributed by atoms with Gasteiger partial charge in [-0.1, -0.05) is 11.6 Å². The van der Waals surface area contributed by atoms with E-state index in [1.165, 1.54) is 18.2 Å². The van der Waals surface area contributed by atoms with Gasteiger partial charge in [-0.25, -0.2) is 4.98 Å². The van der Waals surface area contributed by atoms with E-state index in [0.717, 1.165) is 12.8 Å². The normalized spacial score (nSPS) is 14.0. The van der Waals surface area contributed by atoms with Crippen molar-refractivity contribution in [2.45, 2.75) is 18.8 Å². The maximum absolute atomic E-state index is 10.8. The molecule has 1 saturated carbocycles. The molecule has 1 fully saturated rings.